The first-order valence-corrected chi connectivity index (χ1v) is 14.5. The molecule has 0 spiro atoms. The maximum absolute atomic E-state index is 12.8. The monoisotopic (exact) mass is 508 g/mol. The molecule has 1 amide bonds. The second-order valence-corrected chi connectivity index (χ2v) is 11.7. The van der Waals surface area contributed by atoms with Gasteiger partial charge < -0.3 is 24.8 Å². The summed E-state index contributed by atoms with van der Waals surface area (Å²) in [6.07, 6.45) is 10.6. The zero-order chi connectivity index (χ0) is 24.7. The van der Waals surface area contributed by atoms with Crippen LogP contribution in [0.5, 0.6) is 0 Å². The van der Waals surface area contributed by atoms with Crippen molar-refractivity contribution in [1.29, 1.82) is 0 Å². The van der Waals surface area contributed by atoms with Gasteiger partial charge in [-0.05, 0) is 56.9 Å². The average molecular weight is 509 g/mol. The van der Waals surface area contributed by atoms with Crippen LogP contribution in [0.3, 0.4) is 0 Å². The zero-order valence-electron chi connectivity index (χ0n) is 21.8. The van der Waals surface area contributed by atoms with Crippen LogP contribution in [-0.4, -0.2) is 105 Å². The summed E-state index contributed by atoms with van der Waals surface area (Å²) in [7, 11) is 0. The molecule has 5 aliphatic rings. The van der Waals surface area contributed by atoms with Crippen LogP contribution >= 0.6 is 0 Å². The molecule has 6 unspecified atom stereocenters. The van der Waals surface area contributed by atoms with Crippen LogP contribution in [0.4, 0.5) is 0 Å². The number of aliphatic hydroxyl groups excluding tert-OH is 1. The van der Waals surface area contributed by atoms with Crippen LogP contribution in [0.1, 0.15) is 57.8 Å². The lowest BCUT2D eigenvalue weighted by Crippen LogP contribution is -2.61. The van der Waals surface area contributed by atoms with Gasteiger partial charge in [-0.3, -0.25) is 26.1 Å². The Balaban J connectivity index is 0.967. The summed E-state index contributed by atoms with van der Waals surface area (Å²) in [4.78, 5) is 15.1. The van der Waals surface area contributed by atoms with Crippen molar-refractivity contribution >= 4 is 5.91 Å². The number of amides is 1. The molecule has 3 aliphatic heterocycles. The molecule has 6 N–H and O–H groups in total. The molecule has 10 nitrogen and oxygen atoms in total. The lowest BCUT2D eigenvalue weighted by molar-refractivity contribution is -0.124. The maximum Gasteiger partial charge on any atom is 0.237 e. The van der Waals surface area contributed by atoms with Gasteiger partial charge in [0.2, 0.25) is 5.91 Å². The van der Waals surface area contributed by atoms with Crippen LogP contribution in [-0.2, 0) is 14.3 Å². The van der Waals surface area contributed by atoms with Gasteiger partial charge in [-0.2, -0.15) is 0 Å². The van der Waals surface area contributed by atoms with Crippen molar-refractivity contribution in [1.82, 2.24) is 31.5 Å². The summed E-state index contributed by atoms with van der Waals surface area (Å²) in [5, 5.41) is 27.2. The van der Waals surface area contributed by atoms with Crippen molar-refractivity contribution in [3.63, 3.8) is 0 Å². The zero-order valence-corrected chi connectivity index (χ0v) is 21.8. The molecule has 5 rings (SSSR count). The van der Waals surface area contributed by atoms with E-state index in [9.17, 15) is 9.90 Å². The number of fused-ring (bicyclic) bond motifs is 1. The number of ether oxygens (including phenoxy) is 2. The fourth-order valence-corrected chi connectivity index (χ4v) is 6.89. The largest absolute Gasteiger partial charge is 0.390 e. The Kier molecular flexibility index (Phi) is 9.87. The summed E-state index contributed by atoms with van der Waals surface area (Å²) in [6.45, 7) is 5.85. The van der Waals surface area contributed by atoms with Crippen LogP contribution in [0.15, 0.2) is 0 Å². The van der Waals surface area contributed by atoms with E-state index in [-0.39, 0.29) is 24.2 Å². The smallest absolute Gasteiger partial charge is 0.237 e. The molecule has 3 heterocycles. The Morgan fingerprint density at radius 1 is 1.11 bits per heavy atom. The Bertz CT molecular complexity index is 689. The highest BCUT2D eigenvalue weighted by Crippen LogP contribution is 2.37. The molecule has 0 radical (unpaired) electrons. The molecule has 0 aromatic carbocycles. The number of nitrogens with one attached hydrogen (secondary N) is 5. The van der Waals surface area contributed by atoms with Gasteiger partial charge in [-0.15, -0.1) is 0 Å². The quantitative estimate of drug-likeness (QED) is 0.236. The number of carbonyl (C=O) groups is 1. The fraction of sp³-hybridized carbons (Fsp3) is 0.962. The van der Waals surface area contributed by atoms with E-state index < -0.39 is 6.10 Å². The van der Waals surface area contributed by atoms with Crippen molar-refractivity contribution in [3.8, 4) is 0 Å². The second-order valence-electron chi connectivity index (χ2n) is 11.7. The molecule has 5 fully saturated rings. The molecule has 0 bridgehead atoms. The minimum Gasteiger partial charge on any atom is -0.390 e. The molecule has 3 saturated heterocycles. The number of hydrogen-bond acceptors (Lipinski definition) is 9. The van der Waals surface area contributed by atoms with Crippen molar-refractivity contribution < 1.29 is 19.4 Å². The summed E-state index contributed by atoms with van der Waals surface area (Å²) >= 11 is 0. The lowest BCUT2D eigenvalue weighted by Gasteiger charge is -2.44. The molecular formula is C26H48N6O4. The third-order valence-corrected chi connectivity index (χ3v) is 8.97. The Labute approximate surface area is 216 Å². The van der Waals surface area contributed by atoms with Gasteiger partial charge in [-0.1, -0.05) is 12.8 Å². The van der Waals surface area contributed by atoms with Crippen LogP contribution < -0.4 is 26.6 Å². The van der Waals surface area contributed by atoms with Crippen LogP contribution in [0.25, 0.3) is 0 Å². The number of rotatable bonds is 10. The van der Waals surface area contributed by atoms with Crippen molar-refractivity contribution in [2.75, 3.05) is 52.7 Å². The van der Waals surface area contributed by atoms with E-state index in [1.165, 1.54) is 38.5 Å². The van der Waals surface area contributed by atoms with E-state index in [4.69, 9.17) is 9.47 Å². The number of carbonyl (C=O) groups excluding carboxylic acids is 1. The number of nitrogens with zero attached hydrogens (tertiary/aromatic N) is 1. The van der Waals surface area contributed by atoms with E-state index >= 15 is 0 Å². The molecular weight excluding hydrogens is 460 g/mol. The molecule has 7 atom stereocenters. The standard InChI is InChI=1S/C26H48N6O4/c33-21(11-28-26(34)24-10-25(30-16-29-24)31-20-3-1-2-4-20)14-32-8-7-18-9-22(6-5-19(18)13-32)35-15-23-12-27-17-36-23/h18-25,27,29-31,33H,1-17H2,(H,28,34)/t18?,19?,21-,22?,23?,24?,25?/m0/s1. The minimum absolute atomic E-state index is 0.00964. The van der Waals surface area contributed by atoms with E-state index in [1.54, 1.807) is 0 Å². The second kappa shape index (κ2) is 13.3. The Hall–Kier alpha value is -0.850. The summed E-state index contributed by atoms with van der Waals surface area (Å²) in [5.41, 5.74) is 0. The predicted octanol–water partition coefficient (Wildman–Crippen LogP) is -0.316. The highest BCUT2D eigenvalue weighted by Gasteiger charge is 2.36. The number of aliphatic hydroxyl groups is 1. The van der Waals surface area contributed by atoms with E-state index in [0.717, 1.165) is 44.8 Å². The third-order valence-electron chi connectivity index (χ3n) is 8.97. The fourth-order valence-electron chi connectivity index (χ4n) is 6.89. The van der Waals surface area contributed by atoms with Gasteiger partial charge in [0.1, 0.15) is 0 Å². The van der Waals surface area contributed by atoms with E-state index in [0.29, 0.717) is 51.2 Å². The SMILES string of the molecule is O=C(NC[C@H](O)CN1CCC2CC(OCC3CNCO3)CCC2C1)C1CC(NC2CCCC2)NCN1. The van der Waals surface area contributed by atoms with Gasteiger partial charge in [0, 0.05) is 45.3 Å². The summed E-state index contributed by atoms with van der Waals surface area (Å²) in [5.74, 6) is 1.40. The van der Waals surface area contributed by atoms with Crippen molar-refractivity contribution in [3.05, 3.63) is 0 Å². The van der Waals surface area contributed by atoms with Crippen molar-refractivity contribution in [2.24, 2.45) is 11.8 Å². The maximum atomic E-state index is 12.8. The van der Waals surface area contributed by atoms with Gasteiger partial charge in [0.25, 0.3) is 0 Å². The van der Waals surface area contributed by atoms with Crippen molar-refractivity contribution in [2.45, 2.75) is 94.3 Å². The first-order chi connectivity index (χ1) is 17.6. The first kappa shape index (κ1) is 26.7. The Morgan fingerprint density at radius 3 is 2.83 bits per heavy atom. The number of piperidine rings is 1. The van der Waals surface area contributed by atoms with E-state index in [2.05, 4.69) is 31.5 Å². The molecule has 10 heteroatoms. The average Bonchev–Trinajstić information content (AvgIpc) is 3.61. The minimum atomic E-state index is -0.542. The molecule has 36 heavy (non-hydrogen) atoms. The molecule has 2 saturated carbocycles. The van der Waals surface area contributed by atoms with Crippen LogP contribution in [0, 0.1) is 11.8 Å². The molecule has 206 valence electrons. The molecule has 2 aliphatic carbocycles. The highest BCUT2D eigenvalue weighted by atomic mass is 16.5. The van der Waals surface area contributed by atoms with Crippen LogP contribution in [0.2, 0.25) is 0 Å². The van der Waals surface area contributed by atoms with Gasteiger partial charge in [-0.25, -0.2) is 0 Å². The normalized spacial score (nSPS) is 37.0. The lowest BCUT2D eigenvalue weighted by atomic mass is 9.74. The van der Waals surface area contributed by atoms with Gasteiger partial charge in [0.15, 0.2) is 0 Å². The summed E-state index contributed by atoms with van der Waals surface area (Å²) < 4.78 is 11.8. The van der Waals surface area contributed by atoms with Gasteiger partial charge in [0.05, 0.1) is 43.9 Å². The Morgan fingerprint density at radius 2 is 2.00 bits per heavy atom. The third kappa shape index (κ3) is 7.60. The topological polar surface area (TPSA) is 119 Å². The number of likely N-dealkylation sites (tertiary alicyclic amines) is 1. The van der Waals surface area contributed by atoms with Gasteiger partial charge >= 0.3 is 0 Å². The molecule has 0 aromatic heterocycles. The van der Waals surface area contributed by atoms with E-state index in [1.807, 2.05) is 0 Å². The first-order valence-electron chi connectivity index (χ1n) is 14.5. The highest BCUT2D eigenvalue weighted by molar-refractivity contribution is 5.81. The predicted molar refractivity (Wildman–Crippen MR) is 137 cm³/mol. The molecule has 0 aromatic rings. The number of hydrogen-bond donors (Lipinski definition) is 6. The number of β-amino-alcohol motifs (C(OH)–C–C–N with tert-alkyl or cyclic N) is 1. The summed E-state index contributed by atoms with van der Waals surface area (Å²) in [6, 6.07) is 0.351.